The van der Waals surface area contributed by atoms with E-state index < -0.39 is 5.60 Å². The van der Waals surface area contributed by atoms with Crippen LogP contribution in [-0.4, -0.2) is 24.8 Å². The summed E-state index contributed by atoms with van der Waals surface area (Å²) in [5.74, 6) is 0. The number of halogens is 1. The first-order valence-electron chi connectivity index (χ1n) is 5.91. The standard InChI is InChI=1S/C13H17IN2O2/c1-13(2,3)18-12(17)16-8-7-15-11-9(14)5-4-6-10(11)16/h4-6,15H,7-8H2,1-3H3. The number of fused-ring (bicyclic) bond motifs is 1. The van der Waals surface area contributed by atoms with Gasteiger partial charge in [-0.2, -0.15) is 0 Å². The minimum Gasteiger partial charge on any atom is -0.443 e. The van der Waals surface area contributed by atoms with Gasteiger partial charge in [0.15, 0.2) is 0 Å². The summed E-state index contributed by atoms with van der Waals surface area (Å²) >= 11 is 2.26. The minimum atomic E-state index is -0.468. The van der Waals surface area contributed by atoms with Crippen molar-refractivity contribution in [2.75, 3.05) is 23.3 Å². The molecule has 0 radical (unpaired) electrons. The summed E-state index contributed by atoms with van der Waals surface area (Å²) in [5.41, 5.74) is 1.43. The van der Waals surface area contributed by atoms with E-state index in [1.807, 2.05) is 39.0 Å². The number of para-hydroxylation sites is 1. The van der Waals surface area contributed by atoms with Gasteiger partial charge in [0.1, 0.15) is 5.60 Å². The molecule has 5 heteroatoms. The Labute approximate surface area is 121 Å². The fourth-order valence-corrected chi connectivity index (χ4v) is 2.51. The normalized spacial score (nSPS) is 14.8. The van der Waals surface area contributed by atoms with Crippen LogP contribution in [0.15, 0.2) is 18.2 Å². The summed E-state index contributed by atoms with van der Waals surface area (Å²) in [7, 11) is 0. The van der Waals surface area contributed by atoms with E-state index in [1.165, 1.54) is 0 Å². The van der Waals surface area contributed by atoms with Crippen LogP contribution in [0.2, 0.25) is 0 Å². The van der Waals surface area contributed by atoms with Crippen LogP contribution in [0.25, 0.3) is 0 Å². The van der Waals surface area contributed by atoms with Gasteiger partial charge < -0.3 is 10.1 Å². The molecule has 4 nitrogen and oxygen atoms in total. The van der Waals surface area contributed by atoms with E-state index in [-0.39, 0.29) is 6.09 Å². The fourth-order valence-electron chi connectivity index (χ4n) is 1.83. The number of hydrogen-bond acceptors (Lipinski definition) is 3. The first-order chi connectivity index (χ1) is 8.38. The summed E-state index contributed by atoms with van der Waals surface area (Å²) < 4.78 is 6.54. The number of rotatable bonds is 0. The second kappa shape index (κ2) is 4.95. The van der Waals surface area contributed by atoms with Crippen molar-refractivity contribution < 1.29 is 9.53 Å². The quantitative estimate of drug-likeness (QED) is 0.721. The third-order valence-corrected chi connectivity index (χ3v) is 3.43. The summed E-state index contributed by atoms with van der Waals surface area (Å²) in [6, 6.07) is 5.91. The molecule has 1 aliphatic rings. The molecule has 0 aliphatic carbocycles. The highest BCUT2D eigenvalue weighted by molar-refractivity contribution is 14.1. The second-order valence-corrected chi connectivity index (χ2v) is 6.35. The predicted molar refractivity (Wildman–Crippen MR) is 81.2 cm³/mol. The molecule has 0 unspecified atom stereocenters. The second-order valence-electron chi connectivity index (χ2n) is 5.19. The van der Waals surface area contributed by atoms with Crippen molar-refractivity contribution >= 4 is 40.1 Å². The highest BCUT2D eigenvalue weighted by Crippen LogP contribution is 2.33. The predicted octanol–water partition coefficient (Wildman–Crippen LogP) is 3.46. The number of benzene rings is 1. The number of nitrogens with one attached hydrogen (secondary N) is 1. The summed E-state index contributed by atoms with van der Waals surface area (Å²) in [4.78, 5) is 13.9. The Balaban J connectivity index is 2.28. The molecule has 1 N–H and O–H groups in total. The molecule has 0 spiro atoms. The van der Waals surface area contributed by atoms with Crippen LogP contribution in [0.4, 0.5) is 16.2 Å². The number of carbonyl (C=O) groups excluding carboxylic acids is 1. The van der Waals surface area contributed by atoms with Gasteiger partial charge in [-0.05, 0) is 55.5 Å². The molecule has 0 fully saturated rings. The van der Waals surface area contributed by atoms with Gasteiger partial charge in [0, 0.05) is 16.7 Å². The molecule has 0 aromatic heterocycles. The molecule has 2 rings (SSSR count). The van der Waals surface area contributed by atoms with Gasteiger partial charge in [0.25, 0.3) is 0 Å². The third kappa shape index (κ3) is 2.88. The number of anilines is 2. The summed E-state index contributed by atoms with van der Waals surface area (Å²) in [6.07, 6.45) is -0.285. The maximum absolute atomic E-state index is 12.2. The molecule has 0 saturated heterocycles. The molecular formula is C13H17IN2O2. The SMILES string of the molecule is CC(C)(C)OC(=O)N1CCNc2c(I)cccc21. The fraction of sp³-hybridized carbons (Fsp3) is 0.462. The maximum atomic E-state index is 12.2. The Bertz CT molecular complexity index is 469. The van der Waals surface area contributed by atoms with E-state index in [0.717, 1.165) is 21.5 Å². The number of carbonyl (C=O) groups is 1. The van der Waals surface area contributed by atoms with Gasteiger partial charge in [-0.1, -0.05) is 6.07 Å². The van der Waals surface area contributed by atoms with Crippen LogP contribution in [0.3, 0.4) is 0 Å². The Morgan fingerprint density at radius 1 is 1.44 bits per heavy atom. The zero-order valence-electron chi connectivity index (χ0n) is 10.8. The first kappa shape index (κ1) is 13.5. The summed E-state index contributed by atoms with van der Waals surface area (Å²) in [6.45, 7) is 7.00. The number of ether oxygens (including phenoxy) is 1. The van der Waals surface area contributed by atoms with Crippen molar-refractivity contribution in [2.45, 2.75) is 26.4 Å². The van der Waals surface area contributed by atoms with Gasteiger partial charge in [0.2, 0.25) is 0 Å². The van der Waals surface area contributed by atoms with Crippen LogP contribution in [-0.2, 0) is 4.74 Å². The minimum absolute atomic E-state index is 0.285. The molecule has 98 valence electrons. The number of hydrogen-bond donors (Lipinski definition) is 1. The molecule has 0 bridgehead atoms. The molecular weight excluding hydrogens is 343 g/mol. The van der Waals surface area contributed by atoms with Crippen molar-refractivity contribution in [2.24, 2.45) is 0 Å². The molecule has 1 heterocycles. The van der Waals surface area contributed by atoms with Crippen LogP contribution < -0.4 is 10.2 Å². The van der Waals surface area contributed by atoms with Crippen LogP contribution >= 0.6 is 22.6 Å². The summed E-state index contributed by atoms with van der Waals surface area (Å²) in [5, 5.41) is 3.32. The van der Waals surface area contributed by atoms with Crippen molar-refractivity contribution in [3.63, 3.8) is 0 Å². The zero-order valence-corrected chi connectivity index (χ0v) is 12.9. The van der Waals surface area contributed by atoms with E-state index in [9.17, 15) is 4.79 Å². The average Bonchev–Trinajstić information content (AvgIpc) is 2.26. The maximum Gasteiger partial charge on any atom is 0.414 e. The van der Waals surface area contributed by atoms with E-state index in [0.29, 0.717) is 6.54 Å². The molecule has 1 aliphatic heterocycles. The highest BCUT2D eigenvalue weighted by Gasteiger charge is 2.27. The van der Waals surface area contributed by atoms with Gasteiger partial charge in [-0.3, -0.25) is 4.90 Å². The van der Waals surface area contributed by atoms with Gasteiger partial charge in [0.05, 0.1) is 11.4 Å². The van der Waals surface area contributed by atoms with E-state index >= 15 is 0 Å². The van der Waals surface area contributed by atoms with Gasteiger partial charge in [-0.15, -0.1) is 0 Å². The monoisotopic (exact) mass is 360 g/mol. The Morgan fingerprint density at radius 2 is 2.17 bits per heavy atom. The lowest BCUT2D eigenvalue weighted by Crippen LogP contribution is -2.42. The van der Waals surface area contributed by atoms with Gasteiger partial charge >= 0.3 is 6.09 Å². The van der Waals surface area contributed by atoms with Crippen LogP contribution in [0.5, 0.6) is 0 Å². The third-order valence-electron chi connectivity index (χ3n) is 2.53. The average molecular weight is 360 g/mol. The highest BCUT2D eigenvalue weighted by atomic mass is 127. The smallest absolute Gasteiger partial charge is 0.414 e. The lowest BCUT2D eigenvalue weighted by Gasteiger charge is -2.32. The Morgan fingerprint density at radius 3 is 2.83 bits per heavy atom. The molecule has 1 aromatic rings. The molecule has 0 atom stereocenters. The van der Waals surface area contributed by atoms with E-state index in [1.54, 1.807) is 4.90 Å². The van der Waals surface area contributed by atoms with Gasteiger partial charge in [-0.25, -0.2) is 4.79 Å². The van der Waals surface area contributed by atoms with Crippen molar-refractivity contribution in [3.8, 4) is 0 Å². The first-order valence-corrected chi connectivity index (χ1v) is 6.99. The lowest BCUT2D eigenvalue weighted by atomic mass is 10.2. The van der Waals surface area contributed by atoms with Crippen LogP contribution in [0.1, 0.15) is 20.8 Å². The molecule has 0 saturated carbocycles. The zero-order chi connectivity index (χ0) is 13.3. The van der Waals surface area contributed by atoms with Crippen molar-refractivity contribution in [3.05, 3.63) is 21.8 Å². The van der Waals surface area contributed by atoms with Crippen molar-refractivity contribution in [1.82, 2.24) is 0 Å². The van der Waals surface area contributed by atoms with Crippen molar-refractivity contribution in [1.29, 1.82) is 0 Å². The Kier molecular flexibility index (Phi) is 3.70. The van der Waals surface area contributed by atoms with E-state index in [2.05, 4.69) is 27.9 Å². The largest absolute Gasteiger partial charge is 0.443 e. The topological polar surface area (TPSA) is 41.6 Å². The number of amides is 1. The number of nitrogens with zero attached hydrogens (tertiary/aromatic N) is 1. The molecule has 1 amide bonds. The van der Waals surface area contributed by atoms with Crippen LogP contribution in [0, 0.1) is 3.57 Å². The van der Waals surface area contributed by atoms with E-state index in [4.69, 9.17) is 4.74 Å². The lowest BCUT2D eigenvalue weighted by molar-refractivity contribution is 0.0581. The Hall–Kier alpha value is -0.980. The molecule has 18 heavy (non-hydrogen) atoms. The molecule has 1 aromatic carbocycles.